The molecular weight excluding hydrogens is 484 g/mol. The maximum Gasteiger partial charge on any atom is 0.256 e. The molecule has 11 heteroatoms. The summed E-state index contributed by atoms with van der Waals surface area (Å²) in [5.74, 6) is 1.45. The molecule has 198 valence electrons. The lowest BCUT2D eigenvalue weighted by Gasteiger charge is -2.34. The van der Waals surface area contributed by atoms with E-state index in [1.807, 2.05) is 31.2 Å². The van der Waals surface area contributed by atoms with Crippen LogP contribution < -0.4 is 31.6 Å². The molecule has 0 bridgehead atoms. The first kappa shape index (κ1) is 25.3. The third kappa shape index (κ3) is 5.05. The Labute approximate surface area is 220 Å². The summed E-state index contributed by atoms with van der Waals surface area (Å²) in [6, 6.07) is 13.1. The van der Waals surface area contributed by atoms with Crippen LogP contribution in [0.25, 0.3) is 17.0 Å². The number of hydrogen-bond donors (Lipinski definition) is 4. The fraction of sp³-hybridized carbons (Fsp3) is 0.333. The Kier molecular flexibility index (Phi) is 6.77. The number of methoxy groups -OCH3 is 2. The van der Waals surface area contributed by atoms with Gasteiger partial charge in [-0.25, -0.2) is 4.98 Å². The smallest absolute Gasteiger partial charge is 0.256 e. The molecule has 0 atom stereocenters. The highest BCUT2D eigenvalue weighted by Crippen LogP contribution is 2.33. The van der Waals surface area contributed by atoms with Gasteiger partial charge in [-0.3, -0.25) is 4.79 Å². The Hall–Kier alpha value is -4.38. The van der Waals surface area contributed by atoms with Crippen LogP contribution in [0.5, 0.6) is 11.5 Å². The lowest BCUT2D eigenvalue weighted by atomic mass is 9.90. The molecule has 5 rings (SSSR count). The van der Waals surface area contributed by atoms with Crippen LogP contribution in [0.15, 0.2) is 42.5 Å². The minimum absolute atomic E-state index is 0.0958. The van der Waals surface area contributed by atoms with Crippen LogP contribution in [-0.4, -0.2) is 45.4 Å². The summed E-state index contributed by atoms with van der Waals surface area (Å²) in [6.45, 7) is 1.99. The summed E-state index contributed by atoms with van der Waals surface area (Å²) in [6.07, 6.45) is 4.71. The number of aryl methyl sites for hydroxylation is 1. The zero-order valence-corrected chi connectivity index (χ0v) is 21.7. The molecule has 0 unspecified atom stereocenters. The van der Waals surface area contributed by atoms with Crippen molar-refractivity contribution >= 4 is 29.0 Å². The molecule has 0 saturated heterocycles. The van der Waals surface area contributed by atoms with Crippen molar-refractivity contribution in [2.75, 3.05) is 24.9 Å². The van der Waals surface area contributed by atoms with Crippen LogP contribution in [0.3, 0.4) is 0 Å². The third-order valence-corrected chi connectivity index (χ3v) is 6.73. The number of ether oxygens (including phenoxy) is 2. The second-order valence-corrected chi connectivity index (χ2v) is 9.63. The first-order chi connectivity index (χ1) is 18.3. The molecular formula is C27H32N8O3. The molecule has 2 aromatic carbocycles. The van der Waals surface area contributed by atoms with Gasteiger partial charge < -0.3 is 31.6 Å². The van der Waals surface area contributed by atoms with E-state index in [0.717, 1.165) is 43.2 Å². The lowest BCUT2D eigenvalue weighted by molar-refractivity contribution is 0.100. The zero-order chi connectivity index (χ0) is 26.9. The van der Waals surface area contributed by atoms with E-state index in [1.165, 1.54) is 4.52 Å². The van der Waals surface area contributed by atoms with Gasteiger partial charge in [-0.05, 0) is 38.7 Å². The van der Waals surface area contributed by atoms with Gasteiger partial charge in [0.1, 0.15) is 17.1 Å². The highest BCUT2D eigenvalue weighted by molar-refractivity contribution is 6.04. The number of benzene rings is 2. The van der Waals surface area contributed by atoms with E-state index in [0.29, 0.717) is 29.0 Å². The van der Waals surface area contributed by atoms with Crippen molar-refractivity contribution in [1.82, 2.24) is 19.6 Å². The average Bonchev–Trinajstić information content (AvgIpc) is 3.34. The topological polar surface area (TPSA) is 155 Å². The first-order valence-electron chi connectivity index (χ1n) is 12.5. The second kappa shape index (κ2) is 10.2. The largest absolute Gasteiger partial charge is 0.497 e. The van der Waals surface area contributed by atoms with Gasteiger partial charge in [-0.15, -0.1) is 5.10 Å². The third-order valence-electron chi connectivity index (χ3n) is 6.73. The van der Waals surface area contributed by atoms with Crippen molar-refractivity contribution in [1.29, 1.82) is 0 Å². The molecule has 6 N–H and O–H groups in total. The van der Waals surface area contributed by atoms with Crippen molar-refractivity contribution in [3.8, 4) is 22.9 Å². The highest BCUT2D eigenvalue weighted by atomic mass is 16.5. The molecule has 1 aliphatic rings. The summed E-state index contributed by atoms with van der Waals surface area (Å²) in [7, 11) is 3.13. The standard InChI is InChI=1S/C27H32N8O3/c1-16-8-7-9-17(12-16)23-31-25-21(22(28)36)24(30-18-13-19(37-2)15-20(14-18)38-3)32-26(35(25)34-23)33-27(29)10-5-4-6-11-27/h7-9,12-15,30H,4-6,10-11,29H2,1-3H3,(H2,28,36)(H,32,33). The SMILES string of the molecule is COc1cc(Nc2nc(NC3(N)CCCCC3)n3nc(-c4cccc(C)c4)nc3c2C(N)=O)cc(OC)c1. The number of amides is 1. The van der Waals surface area contributed by atoms with Gasteiger partial charge >= 0.3 is 0 Å². The second-order valence-electron chi connectivity index (χ2n) is 9.63. The Bertz CT molecular complexity index is 1470. The normalized spacial score (nSPS) is 14.7. The van der Waals surface area contributed by atoms with E-state index < -0.39 is 11.6 Å². The predicted octanol–water partition coefficient (Wildman–Crippen LogP) is 3.99. The van der Waals surface area contributed by atoms with E-state index in [-0.39, 0.29) is 17.0 Å². The lowest BCUT2D eigenvalue weighted by Crippen LogP contribution is -2.49. The zero-order valence-electron chi connectivity index (χ0n) is 21.7. The molecule has 0 spiro atoms. The number of nitrogens with two attached hydrogens (primary N) is 2. The number of nitrogens with zero attached hydrogens (tertiary/aromatic N) is 4. The molecule has 0 aliphatic heterocycles. The number of nitrogens with one attached hydrogen (secondary N) is 2. The van der Waals surface area contributed by atoms with Crippen molar-refractivity contribution in [2.24, 2.45) is 11.5 Å². The maximum absolute atomic E-state index is 12.8. The summed E-state index contributed by atoms with van der Waals surface area (Å²) in [5.41, 5.74) is 14.8. The van der Waals surface area contributed by atoms with Crippen LogP contribution in [0.4, 0.5) is 17.5 Å². The molecule has 11 nitrogen and oxygen atoms in total. The van der Waals surface area contributed by atoms with Gasteiger partial charge in [0, 0.05) is 29.4 Å². The summed E-state index contributed by atoms with van der Waals surface area (Å²) < 4.78 is 12.3. The number of aromatic nitrogens is 4. The molecule has 1 aliphatic carbocycles. The van der Waals surface area contributed by atoms with Gasteiger partial charge in [0.05, 0.1) is 19.9 Å². The van der Waals surface area contributed by atoms with E-state index in [9.17, 15) is 4.79 Å². The van der Waals surface area contributed by atoms with Gasteiger partial charge in [0.25, 0.3) is 5.91 Å². The van der Waals surface area contributed by atoms with Gasteiger partial charge in [-0.2, -0.15) is 9.50 Å². The van der Waals surface area contributed by atoms with Crippen molar-refractivity contribution in [3.63, 3.8) is 0 Å². The molecule has 4 aromatic rings. The fourth-order valence-corrected chi connectivity index (χ4v) is 4.79. The Morgan fingerprint density at radius 1 is 1.03 bits per heavy atom. The number of primary amides is 1. The molecule has 1 saturated carbocycles. The number of fused-ring (bicyclic) bond motifs is 1. The van der Waals surface area contributed by atoms with Gasteiger partial charge in [-0.1, -0.05) is 30.2 Å². The van der Waals surface area contributed by atoms with E-state index in [2.05, 4.69) is 10.6 Å². The summed E-state index contributed by atoms with van der Waals surface area (Å²) in [4.78, 5) is 22.3. The minimum atomic E-state index is -0.699. The van der Waals surface area contributed by atoms with Crippen LogP contribution in [0, 0.1) is 6.92 Å². The average molecular weight is 517 g/mol. The van der Waals surface area contributed by atoms with Crippen molar-refractivity contribution in [3.05, 3.63) is 53.6 Å². The van der Waals surface area contributed by atoms with Crippen LogP contribution in [0.1, 0.15) is 48.0 Å². The molecule has 2 aromatic heterocycles. The quantitative estimate of drug-likeness (QED) is 0.254. The molecule has 0 radical (unpaired) electrons. The Balaban J connectivity index is 1.70. The van der Waals surface area contributed by atoms with E-state index >= 15 is 0 Å². The number of rotatable bonds is 8. The minimum Gasteiger partial charge on any atom is -0.497 e. The van der Waals surface area contributed by atoms with Crippen LogP contribution in [0.2, 0.25) is 0 Å². The molecule has 2 heterocycles. The molecule has 1 fully saturated rings. The van der Waals surface area contributed by atoms with E-state index in [1.54, 1.807) is 32.4 Å². The Morgan fingerprint density at radius 3 is 2.37 bits per heavy atom. The molecule has 38 heavy (non-hydrogen) atoms. The summed E-state index contributed by atoms with van der Waals surface area (Å²) >= 11 is 0. The van der Waals surface area contributed by atoms with Crippen LogP contribution >= 0.6 is 0 Å². The predicted molar refractivity (Wildman–Crippen MR) is 146 cm³/mol. The fourth-order valence-electron chi connectivity index (χ4n) is 4.79. The van der Waals surface area contributed by atoms with Crippen molar-refractivity contribution < 1.29 is 14.3 Å². The van der Waals surface area contributed by atoms with E-state index in [4.69, 9.17) is 36.0 Å². The summed E-state index contributed by atoms with van der Waals surface area (Å²) in [5, 5.41) is 11.3. The van der Waals surface area contributed by atoms with Crippen LogP contribution in [-0.2, 0) is 0 Å². The van der Waals surface area contributed by atoms with Crippen molar-refractivity contribution in [2.45, 2.75) is 44.7 Å². The van der Waals surface area contributed by atoms with Gasteiger partial charge in [0.15, 0.2) is 17.3 Å². The number of carbonyl (C=O) groups is 1. The first-order valence-corrected chi connectivity index (χ1v) is 12.5. The number of anilines is 3. The monoisotopic (exact) mass is 516 g/mol. The maximum atomic E-state index is 12.8. The van der Waals surface area contributed by atoms with Gasteiger partial charge in [0.2, 0.25) is 5.95 Å². The highest BCUT2D eigenvalue weighted by Gasteiger charge is 2.31. The molecule has 1 amide bonds. The number of carbonyl (C=O) groups excluding carboxylic acids is 1. The Morgan fingerprint density at radius 2 is 1.74 bits per heavy atom. The number of hydrogen-bond acceptors (Lipinski definition) is 9.